The van der Waals surface area contributed by atoms with Gasteiger partial charge in [-0.05, 0) is 47.5 Å². The van der Waals surface area contributed by atoms with Crippen molar-refractivity contribution in [3.05, 3.63) is 0 Å². The molecule has 0 spiro atoms. The summed E-state index contributed by atoms with van der Waals surface area (Å²) in [6.07, 6.45) is 0.137. The molecule has 2 unspecified atom stereocenters. The van der Waals surface area contributed by atoms with Crippen LogP contribution in [0.25, 0.3) is 0 Å². The summed E-state index contributed by atoms with van der Waals surface area (Å²) < 4.78 is 16.2. The molecule has 0 saturated carbocycles. The molecule has 1 rings (SSSR count). The van der Waals surface area contributed by atoms with Crippen molar-refractivity contribution < 1.29 is 28.8 Å². The van der Waals surface area contributed by atoms with Gasteiger partial charge in [0.05, 0.1) is 21.1 Å². The van der Waals surface area contributed by atoms with Crippen LogP contribution in [0.15, 0.2) is 0 Å². The van der Waals surface area contributed by atoms with Gasteiger partial charge in [-0.3, -0.25) is 14.3 Å². The van der Waals surface area contributed by atoms with Crippen molar-refractivity contribution in [2.24, 2.45) is 5.92 Å². The number of carbonyl (C=O) groups excluding carboxylic acids is 2. The highest BCUT2D eigenvalue weighted by Crippen LogP contribution is 2.33. The van der Waals surface area contributed by atoms with Gasteiger partial charge in [0, 0.05) is 12.5 Å². The molecule has 1 heterocycles. The predicted octanol–water partition coefficient (Wildman–Crippen LogP) is 2.18. The lowest BCUT2D eigenvalue weighted by atomic mass is 9.95. The molecular formula is C15H30N2O6P2. The van der Waals surface area contributed by atoms with E-state index in [4.69, 9.17) is 14.1 Å². The van der Waals surface area contributed by atoms with Gasteiger partial charge in [-0.25, -0.2) is 10.3 Å². The van der Waals surface area contributed by atoms with E-state index in [1.165, 1.54) is 4.90 Å². The lowest BCUT2D eigenvalue weighted by Gasteiger charge is -2.35. The zero-order valence-corrected chi connectivity index (χ0v) is 17.7. The minimum atomic E-state index is -0.828. The Kier molecular flexibility index (Phi) is 8.49. The SMILES string of the molecule is CC(C)(C)OC(=O)N1[C@@H](C[C@H](CCO)C(=O)NOPP)COC1(C)C. The second-order valence-electron chi connectivity index (χ2n) is 7.39. The lowest BCUT2D eigenvalue weighted by Crippen LogP contribution is -2.50. The standard InChI is InChI=1S/C15H30N2O6P2/c1-14(2,3)22-13(20)17-11(9-21-15(17,4)5)8-10(6-7-18)12(19)16-23-25-24/h10-11,18,25H,6-9,24H2,1-5H3,(H,16,19)/t10-,11-/m0/s1. The quantitative estimate of drug-likeness (QED) is 0.506. The van der Waals surface area contributed by atoms with Crippen molar-refractivity contribution in [3.63, 3.8) is 0 Å². The van der Waals surface area contributed by atoms with Crippen molar-refractivity contribution in [1.29, 1.82) is 0 Å². The zero-order valence-electron chi connectivity index (χ0n) is 15.5. The van der Waals surface area contributed by atoms with E-state index < -0.39 is 23.3 Å². The van der Waals surface area contributed by atoms with E-state index in [-0.39, 0.29) is 33.5 Å². The first kappa shape index (κ1) is 22.5. The number of hydroxylamine groups is 1. The molecule has 0 aromatic rings. The number of aliphatic hydroxyl groups excluding tert-OH is 1. The molecule has 0 bridgehead atoms. The Hall–Kier alpha value is -0.520. The van der Waals surface area contributed by atoms with Crippen LogP contribution in [0.3, 0.4) is 0 Å². The van der Waals surface area contributed by atoms with Gasteiger partial charge >= 0.3 is 6.09 Å². The monoisotopic (exact) mass is 396 g/mol. The van der Waals surface area contributed by atoms with Gasteiger partial charge < -0.3 is 14.6 Å². The molecule has 1 aliphatic rings. The second kappa shape index (κ2) is 9.43. The van der Waals surface area contributed by atoms with Gasteiger partial charge in [-0.2, -0.15) is 0 Å². The summed E-state index contributed by atoms with van der Waals surface area (Å²) in [7, 11) is 2.41. The van der Waals surface area contributed by atoms with Crippen LogP contribution in [-0.2, 0) is 18.9 Å². The van der Waals surface area contributed by atoms with Crippen LogP contribution in [-0.4, -0.2) is 52.6 Å². The van der Waals surface area contributed by atoms with Crippen LogP contribution >= 0.6 is 17.4 Å². The van der Waals surface area contributed by atoms with Crippen molar-refractivity contribution in [1.82, 2.24) is 10.4 Å². The lowest BCUT2D eigenvalue weighted by molar-refractivity contribution is -0.132. The van der Waals surface area contributed by atoms with Crippen LogP contribution < -0.4 is 5.48 Å². The van der Waals surface area contributed by atoms with Crippen LogP contribution in [0.4, 0.5) is 4.79 Å². The summed E-state index contributed by atoms with van der Waals surface area (Å²) in [6.45, 7) is 9.14. The third kappa shape index (κ3) is 6.95. The topological polar surface area (TPSA) is 97.3 Å². The summed E-state index contributed by atoms with van der Waals surface area (Å²) in [5.74, 6) is -0.823. The Morgan fingerprint density at radius 1 is 1.48 bits per heavy atom. The smallest absolute Gasteiger partial charge is 0.412 e. The van der Waals surface area contributed by atoms with E-state index in [1.54, 1.807) is 34.6 Å². The average Bonchev–Trinajstić information content (AvgIpc) is 2.77. The third-order valence-corrected chi connectivity index (χ3v) is 4.35. The summed E-state index contributed by atoms with van der Waals surface area (Å²) in [4.78, 5) is 26.4. The fraction of sp³-hybridized carbons (Fsp3) is 0.867. The number of ether oxygens (including phenoxy) is 2. The number of nitrogens with zero attached hydrogens (tertiary/aromatic N) is 1. The van der Waals surface area contributed by atoms with Crippen molar-refractivity contribution >= 4 is 29.4 Å². The van der Waals surface area contributed by atoms with Crippen molar-refractivity contribution in [2.45, 2.75) is 64.8 Å². The first-order valence-electron chi connectivity index (χ1n) is 8.20. The van der Waals surface area contributed by atoms with Gasteiger partial charge in [0.2, 0.25) is 5.91 Å². The highest BCUT2D eigenvalue weighted by molar-refractivity contribution is 8.00. The van der Waals surface area contributed by atoms with E-state index in [9.17, 15) is 14.7 Å². The number of rotatable bonds is 7. The summed E-state index contributed by atoms with van der Waals surface area (Å²) in [5, 5.41) is 9.26. The Morgan fingerprint density at radius 3 is 2.64 bits per heavy atom. The highest BCUT2D eigenvalue weighted by atomic mass is 32.0. The molecule has 25 heavy (non-hydrogen) atoms. The molecular weight excluding hydrogens is 366 g/mol. The van der Waals surface area contributed by atoms with Crippen LogP contribution in [0.5, 0.6) is 0 Å². The summed E-state index contributed by atoms with van der Waals surface area (Å²) in [5.41, 5.74) is 0.903. The number of carbonyl (C=O) groups is 2. The van der Waals surface area contributed by atoms with Crippen LogP contribution in [0.1, 0.15) is 47.5 Å². The van der Waals surface area contributed by atoms with Gasteiger partial charge in [0.15, 0.2) is 0 Å². The maximum atomic E-state index is 12.6. The molecule has 146 valence electrons. The molecule has 0 radical (unpaired) electrons. The number of nitrogens with one attached hydrogen (secondary N) is 1. The van der Waals surface area contributed by atoms with Gasteiger partial charge in [0.25, 0.3) is 0 Å². The number of hydrogen-bond donors (Lipinski definition) is 2. The molecule has 0 aromatic carbocycles. The molecule has 0 aromatic heterocycles. The molecule has 1 fully saturated rings. The minimum absolute atomic E-state index is 0.0425. The molecule has 8 nitrogen and oxygen atoms in total. The molecule has 4 atom stereocenters. The first-order valence-corrected chi connectivity index (χ1v) is 10.9. The van der Waals surface area contributed by atoms with Crippen LogP contribution in [0, 0.1) is 5.92 Å². The number of amides is 2. The maximum absolute atomic E-state index is 12.6. The Labute approximate surface area is 153 Å². The minimum Gasteiger partial charge on any atom is -0.444 e. The van der Waals surface area contributed by atoms with E-state index >= 15 is 0 Å². The van der Waals surface area contributed by atoms with Gasteiger partial charge in [-0.1, -0.05) is 8.93 Å². The Morgan fingerprint density at radius 2 is 2.12 bits per heavy atom. The normalized spacial score (nSPS) is 21.6. The fourth-order valence-corrected chi connectivity index (χ4v) is 3.08. The Balaban J connectivity index is 2.88. The largest absolute Gasteiger partial charge is 0.444 e. The average molecular weight is 396 g/mol. The van der Waals surface area contributed by atoms with E-state index in [1.807, 2.05) is 0 Å². The summed E-state index contributed by atoms with van der Waals surface area (Å²) in [6, 6.07) is -0.328. The van der Waals surface area contributed by atoms with E-state index in [0.29, 0.717) is 13.0 Å². The third-order valence-electron chi connectivity index (χ3n) is 3.78. The highest BCUT2D eigenvalue weighted by Gasteiger charge is 2.46. The molecule has 0 aliphatic carbocycles. The fourth-order valence-electron chi connectivity index (χ4n) is 2.74. The molecule has 2 amide bonds. The van der Waals surface area contributed by atoms with Crippen LogP contribution in [0.2, 0.25) is 0 Å². The zero-order chi connectivity index (χ0) is 19.3. The van der Waals surface area contributed by atoms with Crippen molar-refractivity contribution in [2.75, 3.05) is 13.2 Å². The Bertz CT molecular complexity index is 469. The van der Waals surface area contributed by atoms with Crippen molar-refractivity contribution in [3.8, 4) is 0 Å². The van der Waals surface area contributed by atoms with Gasteiger partial charge in [0.1, 0.15) is 11.3 Å². The summed E-state index contributed by atoms with van der Waals surface area (Å²) >= 11 is 0. The molecule has 2 N–H and O–H groups in total. The van der Waals surface area contributed by atoms with E-state index in [0.717, 1.165) is 0 Å². The van der Waals surface area contributed by atoms with E-state index in [2.05, 4.69) is 14.4 Å². The molecule has 10 heteroatoms. The molecule has 1 saturated heterocycles. The second-order valence-corrected chi connectivity index (χ2v) is 8.54. The molecule has 1 aliphatic heterocycles. The predicted molar refractivity (Wildman–Crippen MR) is 99.0 cm³/mol. The number of hydrogen-bond acceptors (Lipinski definition) is 6. The number of aliphatic hydroxyl groups is 1. The first-order chi connectivity index (χ1) is 11.5. The van der Waals surface area contributed by atoms with Gasteiger partial charge in [-0.15, -0.1) is 0 Å². The maximum Gasteiger partial charge on any atom is 0.412 e.